The predicted octanol–water partition coefficient (Wildman–Crippen LogP) is 2.54. The summed E-state index contributed by atoms with van der Waals surface area (Å²) in [7, 11) is 0. The molecule has 0 amide bonds. The van der Waals surface area contributed by atoms with E-state index in [1.54, 1.807) is 19.1 Å². The van der Waals surface area contributed by atoms with E-state index < -0.39 is 16.9 Å². The van der Waals surface area contributed by atoms with E-state index in [2.05, 4.69) is 5.32 Å². The zero-order valence-electron chi connectivity index (χ0n) is 14.5. The number of rotatable bonds is 4. The molecule has 11 heteroatoms. The molecule has 0 unspecified atom stereocenters. The van der Waals surface area contributed by atoms with Crippen LogP contribution >= 0.6 is 0 Å². The van der Waals surface area contributed by atoms with Gasteiger partial charge in [-0.15, -0.1) is 0 Å². The van der Waals surface area contributed by atoms with Gasteiger partial charge < -0.3 is 25.0 Å². The Hall–Kier alpha value is -3.89. The summed E-state index contributed by atoms with van der Waals surface area (Å²) in [6.07, 6.45) is 0. The third-order valence-corrected chi connectivity index (χ3v) is 3.61. The van der Waals surface area contributed by atoms with E-state index in [9.17, 15) is 14.5 Å². The summed E-state index contributed by atoms with van der Waals surface area (Å²) in [5.74, 6) is -3.12. The summed E-state index contributed by atoms with van der Waals surface area (Å²) in [5, 5.41) is 29.0. The molecule has 0 fully saturated rings. The second-order valence-corrected chi connectivity index (χ2v) is 5.51. The summed E-state index contributed by atoms with van der Waals surface area (Å²) in [5.41, 5.74) is 1.87. The molecule has 0 spiro atoms. The number of halogens is 1. The van der Waals surface area contributed by atoms with Gasteiger partial charge in [0, 0.05) is 12.2 Å². The molecule has 0 aromatic heterocycles. The van der Waals surface area contributed by atoms with Crippen LogP contribution in [-0.4, -0.2) is 33.9 Å². The SMILES string of the molecule is Cc1cc(F)ccc1NCc1cc2c(cc1[N+](=O)[O-])OCO2.O=C(O)C(=O)O. The van der Waals surface area contributed by atoms with Crippen molar-refractivity contribution >= 4 is 23.3 Å². The first-order valence-electron chi connectivity index (χ1n) is 7.72. The Balaban J connectivity index is 0.000000409. The van der Waals surface area contributed by atoms with E-state index in [0.717, 1.165) is 5.56 Å². The van der Waals surface area contributed by atoms with Gasteiger partial charge in [0.15, 0.2) is 11.5 Å². The lowest BCUT2D eigenvalue weighted by Crippen LogP contribution is -2.09. The Morgan fingerprint density at radius 3 is 2.32 bits per heavy atom. The van der Waals surface area contributed by atoms with Gasteiger partial charge in [-0.25, -0.2) is 14.0 Å². The van der Waals surface area contributed by atoms with Crippen LogP contribution in [0.2, 0.25) is 0 Å². The lowest BCUT2D eigenvalue weighted by Gasteiger charge is -2.10. The van der Waals surface area contributed by atoms with E-state index in [0.29, 0.717) is 22.7 Å². The van der Waals surface area contributed by atoms with E-state index in [-0.39, 0.29) is 24.8 Å². The molecular weight excluding hydrogens is 379 g/mol. The molecule has 0 bridgehead atoms. The van der Waals surface area contributed by atoms with Crippen molar-refractivity contribution in [1.29, 1.82) is 0 Å². The van der Waals surface area contributed by atoms with Crippen molar-refractivity contribution in [2.45, 2.75) is 13.5 Å². The molecule has 2 aromatic rings. The van der Waals surface area contributed by atoms with Gasteiger partial charge in [0.2, 0.25) is 6.79 Å². The number of hydrogen-bond donors (Lipinski definition) is 3. The van der Waals surface area contributed by atoms with Crippen LogP contribution in [0.5, 0.6) is 11.5 Å². The highest BCUT2D eigenvalue weighted by Gasteiger charge is 2.23. The molecule has 28 heavy (non-hydrogen) atoms. The number of nitrogens with zero attached hydrogens (tertiary/aromatic N) is 1. The minimum atomic E-state index is -1.82. The zero-order valence-corrected chi connectivity index (χ0v) is 14.5. The van der Waals surface area contributed by atoms with Crippen LogP contribution in [0, 0.1) is 22.9 Å². The number of carbonyl (C=O) groups is 2. The number of nitro benzene ring substituents is 1. The Kier molecular flexibility index (Phi) is 6.32. The highest BCUT2D eigenvalue weighted by Crippen LogP contribution is 2.38. The van der Waals surface area contributed by atoms with Gasteiger partial charge in [0.25, 0.3) is 5.69 Å². The van der Waals surface area contributed by atoms with Gasteiger partial charge in [-0.2, -0.15) is 0 Å². The van der Waals surface area contributed by atoms with Crippen LogP contribution in [0.25, 0.3) is 0 Å². The van der Waals surface area contributed by atoms with Gasteiger partial charge in [-0.05, 0) is 36.8 Å². The Morgan fingerprint density at radius 2 is 1.79 bits per heavy atom. The van der Waals surface area contributed by atoms with Crippen LogP contribution in [0.1, 0.15) is 11.1 Å². The molecule has 3 rings (SSSR count). The lowest BCUT2D eigenvalue weighted by molar-refractivity contribution is -0.385. The highest BCUT2D eigenvalue weighted by molar-refractivity contribution is 6.27. The van der Waals surface area contributed by atoms with Crippen molar-refractivity contribution in [1.82, 2.24) is 0 Å². The Bertz CT molecular complexity index is 920. The summed E-state index contributed by atoms with van der Waals surface area (Å²) in [6, 6.07) is 7.28. The van der Waals surface area contributed by atoms with Crippen LogP contribution < -0.4 is 14.8 Å². The molecule has 0 aliphatic carbocycles. The first kappa shape index (κ1) is 20.4. The summed E-state index contributed by atoms with van der Waals surface area (Å²) >= 11 is 0. The highest BCUT2D eigenvalue weighted by atomic mass is 19.1. The topological polar surface area (TPSA) is 148 Å². The number of fused-ring (bicyclic) bond motifs is 1. The van der Waals surface area contributed by atoms with Crippen LogP contribution in [0.3, 0.4) is 0 Å². The Morgan fingerprint density at radius 1 is 1.18 bits per heavy atom. The van der Waals surface area contributed by atoms with Crippen LogP contribution in [0.4, 0.5) is 15.8 Å². The van der Waals surface area contributed by atoms with Crippen molar-refractivity contribution < 1.29 is 38.6 Å². The van der Waals surface area contributed by atoms with E-state index in [1.807, 2.05) is 0 Å². The van der Waals surface area contributed by atoms with E-state index >= 15 is 0 Å². The van der Waals surface area contributed by atoms with Crippen molar-refractivity contribution in [3.8, 4) is 11.5 Å². The van der Waals surface area contributed by atoms with Crippen molar-refractivity contribution in [2.75, 3.05) is 12.1 Å². The molecule has 1 heterocycles. The molecule has 0 saturated heterocycles. The smallest absolute Gasteiger partial charge is 0.414 e. The van der Waals surface area contributed by atoms with Gasteiger partial charge >= 0.3 is 11.9 Å². The molecule has 3 N–H and O–H groups in total. The monoisotopic (exact) mass is 394 g/mol. The predicted molar refractivity (Wildman–Crippen MR) is 93.0 cm³/mol. The molecule has 148 valence electrons. The number of nitrogens with one attached hydrogen (secondary N) is 1. The normalized spacial score (nSPS) is 11.2. The second kappa shape index (κ2) is 8.66. The van der Waals surface area contributed by atoms with Gasteiger partial charge in [-0.3, -0.25) is 10.1 Å². The van der Waals surface area contributed by atoms with Gasteiger partial charge in [-0.1, -0.05) is 0 Å². The molecule has 0 saturated carbocycles. The van der Waals surface area contributed by atoms with Gasteiger partial charge in [0.1, 0.15) is 5.82 Å². The van der Waals surface area contributed by atoms with E-state index in [4.69, 9.17) is 29.3 Å². The first-order valence-corrected chi connectivity index (χ1v) is 7.72. The molecule has 1 aliphatic heterocycles. The number of aryl methyl sites for hydroxylation is 1. The fourth-order valence-corrected chi connectivity index (χ4v) is 2.30. The van der Waals surface area contributed by atoms with Crippen molar-refractivity contribution in [2.24, 2.45) is 0 Å². The minimum absolute atomic E-state index is 0.0449. The number of carboxylic acids is 2. The van der Waals surface area contributed by atoms with Crippen molar-refractivity contribution in [3.05, 3.63) is 57.4 Å². The number of aliphatic carboxylic acids is 2. The quantitative estimate of drug-likeness (QED) is 0.404. The largest absolute Gasteiger partial charge is 0.473 e. The number of carboxylic acid groups (broad SMARTS) is 2. The van der Waals surface area contributed by atoms with E-state index in [1.165, 1.54) is 18.2 Å². The lowest BCUT2D eigenvalue weighted by atomic mass is 10.1. The maximum Gasteiger partial charge on any atom is 0.414 e. The molecule has 0 radical (unpaired) electrons. The second-order valence-electron chi connectivity index (χ2n) is 5.51. The fraction of sp³-hybridized carbons (Fsp3) is 0.176. The number of hydrogen-bond acceptors (Lipinski definition) is 7. The minimum Gasteiger partial charge on any atom is -0.473 e. The first-order chi connectivity index (χ1) is 13.2. The number of ether oxygens (including phenoxy) is 2. The van der Waals surface area contributed by atoms with Crippen LogP contribution in [-0.2, 0) is 16.1 Å². The molecule has 10 nitrogen and oxygen atoms in total. The number of anilines is 1. The molecular formula is C17H15FN2O8. The molecule has 1 aliphatic rings. The standard InChI is InChI=1S/C15H13FN2O4.C2H2O4/c1-9-4-11(16)2-3-12(9)17-7-10-5-14-15(22-8-21-14)6-13(10)18(19)20;3-1(4)2(5)6/h2-6,17H,7-8H2,1H3;(H,3,4)(H,5,6). The number of benzene rings is 2. The third-order valence-electron chi connectivity index (χ3n) is 3.61. The summed E-state index contributed by atoms with van der Waals surface area (Å²) in [4.78, 5) is 28.9. The summed E-state index contributed by atoms with van der Waals surface area (Å²) < 4.78 is 23.5. The average Bonchev–Trinajstić information content (AvgIpc) is 3.08. The maximum absolute atomic E-state index is 13.1. The van der Waals surface area contributed by atoms with Crippen molar-refractivity contribution in [3.63, 3.8) is 0 Å². The van der Waals surface area contributed by atoms with Gasteiger partial charge in [0.05, 0.1) is 16.6 Å². The fourth-order valence-electron chi connectivity index (χ4n) is 2.30. The average molecular weight is 394 g/mol. The summed E-state index contributed by atoms with van der Waals surface area (Å²) in [6.45, 7) is 2.04. The molecule has 2 aromatic carbocycles. The zero-order chi connectivity index (χ0) is 20.8. The Labute approximate surface area is 157 Å². The van der Waals surface area contributed by atoms with Crippen LogP contribution in [0.15, 0.2) is 30.3 Å². The third kappa shape index (κ3) is 5.06. The maximum atomic E-state index is 13.1. The molecule has 0 atom stereocenters. The number of nitro groups is 1.